The van der Waals surface area contributed by atoms with Gasteiger partial charge in [0.2, 0.25) is 5.91 Å². The number of amides is 1. The molecule has 0 saturated carbocycles. The molecule has 1 aliphatic heterocycles. The van der Waals surface area contributed by atoms with Crippen molar-refractivity contribution in [3.8, 4) is 0 Å². The van der Waals surface area contributed by atoms with Crippen molar-refractivity contribution in [2.75, 3.05) is 13.1 Å². The molecule has 1 fully saturated rings. The average Bonchev–Trinajstić information content (AvgIpc) is 2.32. The lowest BCUT2D eigenvalue weighted by Gasteiger charge is -2.26. The first-order chi connectivity index (χ1) is 5.95. The molecule has 1 rings (SSSR count). The van der Waals surface area contributed by atoms with Crippen LogP contribution in [0, 0.1) is 11.3 Å². The van der Waals surface area contributed by atoms with E-state index in [2.05, 4.69) is 27.7 Å². The minimum absolute atomic E-state index is 0.276. The summed E-state index contributed by atoms with van der Waals surface area (Å²) in [7, 11) is 0. The molecule has 0 N–H and O–H groups in total. The van der Waals surface area contributed by atoms with Crippen LogP contribution in [0.4, 0.5) is 0 Å². The van der Waals surface area contributed by atoms with Gasteiger partial charge in [0.05, 0.1) is 0 Å². The maximum absolute atomic E-state index is 11.5. The fourth-order valence-corrected chi connectivity index (χ4v) is 1.84. The van der Waals surface area contributed by atoms with E-state index in [0.717, 1.165) is 25.9 Å². The van der Waals surface area contributed by atoms with Crippen LogP contribution in [0.5, 0.6) is 0 Å². The minimum atomic E-state index is 0.276. The van der Waals surface area contributed by atoms with Gasteiger partial charge in [0.15, 0.2) is 0 Å². The molecular formula is C11H21NO. The Balaban J connectivity index is 2.55. The largest absolute Gasteiger partial charge is 0.342 e. The van der Waals surface area contributed by atoms with Gasteiger partial charge in [-0.15, -0.1) is 0 Å². The normalized spacial score (nSPS) is 24.2. The van der Waals surface area contributed by atoms with E-state index in [-0.39, 0.29) is 5.41 Å². The summed E-state index contributed by atoms with van der Waals surface area (Å²) in [6.07, 6.45) is 1.83. The Morgan fingerprint density at radius 2 is 2.08 bits per heavy atom. The fourth-order valence-electron chi connectivity index (χ4n) is 1.84. The summed E-state index contributed by atoms with van der Waals surface area (Å²) >= 11 is 0. The molecule has 1 amide bonds. The van der Waals surface area contributed by atoms with E-state index in [9.17, 15) is 4.79 Å². The van der Waals surface area contributed by atoms with Crippen molar-refractivity contribution in [2.45, 2.75) is 40.5 Å². The highest BCUT2D eigenvalue weighted by molar-refractivity contribution is 5.78. The van der Waals surface area contributed by atoms with Crippen molar-refractivity contribution in [3.63, 3.8) is 0 Å². The molecule has 0 aromatic heterocycles. The van der Waals surface area contributed by atoms with Crippen LogP contribution in [0.25, 0.3) is 0 Å². The van der Waals surface area contributed by atoms with Gasteiger partial charge in [-0.1, -0.05) is 27.7 Å². The lowest BCUT2D eigenvalue weighted by Crippen LogP contribution is -2.28. The second-order valence-corrected chi connectivity index (χ2v) is 5.11. The number of carbonyl (C=O) groups excluding carboxylic acids is 1. The number of likely N-dealkylation sites (tertiary alicyclic amines) is 1. The Kier molecular flexibility index (Phi) is 2.99. The van der Waals surface area contributed by atoms with Crippen molar-refractivity contribution in [1.82, 2.24) is 4.90 Å². The van der Waals surface area contributed by atoms with Crippen molar-refractivity contribution in [2.24, 2.45) is 11.3 Å². The van der Waals surface area contributed by atoms with E-state index >= 15 is 0 Å². The molecule has 1 heterocycles. The van der Waals surface area contributed by atoms with Gasteiger partial charge in [0.1, 0.15) is 0 Å². The van der Waals surface area contributed by atoms with E-state index in [1.54, 1.807) is 0 Å². The molecule has 0 bridgehead atoms. The van der Waals surface area contributed by atoms with Gasteiger partial charge < -0.3 is 4.90 Å². The first-order valence-electron chi connectivity index (χ1n) is 5.23. The van der Waals surface area contributed by atoms with Crippen molar-refractivity contribution in [3.05, 3.63) is 0 Å². The molecule has 0 spiro atoms. The van der Waals surface area contributed by atoms with Gasteiger partial charge in [-0.25, -0.2) is 0 Å². The summed E-state index contributed by atoms with van der Waals surface area (Å²) in [5, 5.41) is 0. The first-order valence-corrected chi connectivity index (χ1v) is 5.23. The summed E-state index contributed by atoms with van der Waals surface area (Å²) in [5.41, 5.74) is 0.276. The van der Waals surface area contributed by atoms with E-state index in [1.165, 1.54) is 0 Å². The number of hydrogen-bond donors (Lipinski definition) is 0. The number of carbonyl (C=O) groups is 1. The van der Waals surface area contributed by atoms with E-state index in [1.807, 2.05) is 4.90 Å². The Morgan fingerprint density at radius 1 is 1.46 bits per heavy atom. The lowest BCUT2D eigenvalue weighted by molar-refractivity contribution is -0.127. The SMILES string of the molecule is CCCN1CC(C(C)(C)C)CC1=O. The molecule has 2 heteroatoms. The molecular weight excluding hydrogens is 162 g/mol. The third-order valence-electron chi connectivity index (χ3n) is 2.93. The third kappa shape index (κ3) is 2.45. The van der Waals surface area contributed by atoms with Gasteiger partial charge in [-0.3, -0.25) is 4.79 Å². The fraction of sp³-hybridized carbons (Fsp3) is 0.909. The molecule has 76 valence electrons. The summed E-state index contributed by atoms with van der Waals surface area (Å²) in [6, 6.07) is 0. The highest BCUT2D eigenvalue weighted by atomic mass is 16.2. The average molecular weight is 183 g/mol. The van der Waals surface area contributed by atoms with Crippen LogP contribution in [0.2, 0.25) is 0 Å². The van der Waals surface area contributed by atoms with Gasteiger partial charge in [0.25, 0.3) is 0 Å². The highest BCUT2D eigenvalue weighted by Gasteiger charge is 2.35. The second kappa shape index (κ2) is 3.69. The molecule has 1 atom stereocenters. The summed E-state index contributed by atoms with van der Waals surface area (Å²) in [6.45, 7) is 10.7. The van der Waals surface area contributed by atoms with Gasteiger partial charge in [-0.2, -0.15) is 0 Å². The van der Waals surface area contributed by atoms with Crippen molar-refractivity contribution in [1.29, 1.82) is 0 Å². The van der Waals surface area contributed by atoms with Crippen LogP contribution >= 0.6 is 0 Å². The molecule has 0 radical (unpaired) electrons. The van der Waals surface area contributed by atoms with E-state index in [0.29, 0.717) is 11.8 Å². The Hall–Kier alpha value is -0.530. The molecule has 0 aromatic carbocycles. The zero-order valence-electron chi connectivity index (χ0n) is 9.26. The molecule has 1 saturated heterocycles. The quantitative estimate of drug-likeness (QED) is 0.643. The third-order valence-corrected chi connectivity index (χ3v) is 2.93. The van der Waals surface area contributed by atoms with Crippen LogP contribution in [0.1, 0.15) is 40.5 Å². The van der Waals surface area contributed by atoms with Crippen molar-refractivity contribution < 1.29 is 4.79 Å². The molecule has 0 aliphatic carbocycles. The Labute approximate surface area is 81.3 Å². The van der Waals surface area contributed by atoms with Crippen LogP contribution in [0.3, 0.4) is 0 Å². The summed E-state index contributed by atoms with van der Waals surface area (Å²) in [4.78, 5) is 13.6. The second-order valence-electron chi connectivity index (χ2n) is 5.11. The maximum Gasteiger partial charge on any atom is 0.222 e. The van der Waals surface area contributed by atoms with Gasteiger partial charge >= 0.3 is 0 Å². The monoisotopic (exact) mass is 183 g/mol. The minimum Gasteiger partial charge on any atom is -0.342 e. The Morgan fingerprint density at radius 3 is 2.46 bits per heavy atom. The predicted octanol–water partition coefficient (Wildman–Crippen LogP) is 2.29. The highest BCUT2D eigenvalue weighted by Crippen LogP contribution is 2.34. The number of hydrogen-bond acceptors (Lipinski definition) is 1. The maximum atomic E-state index is 11.5. The first kappa shape index (κ1) is 10.6. The van der Waals surface area contributed by atoms with Crippen molar-refractivity contribution >= 4 is 5.91 Å². The van der Waals surface area contributed by atoms with Crippen LogP contribution in [-0.4, -0.2) is 23.9 Å². The topological polar surface area (TPSA) is 20.3 Å². The predicted molar refractivity (Wildman–Crippen MR) is 54.4 cm³/mol. The zero-order chi connectivity index (χ0) is 10.1. The van der Waals surface area contributed by atoms with E-state index in [4.69, 9.17) is 0 Å². The number of rotatable bonds is 2. The molecule has 2 nitrogen and oxygen atoms in total. The molecule has 13 heavy (non-hydrogen) atoms. The Bertz CT molecular complexity index is 193. The van der Waals surface area contributed by atoms with Crippen LogP contribution in [0.15, 0.2) is 0 Å². The smallest absolute Gasteiger partial charge is 0.222 e. The summed E-state index contributed by atoms with van der Waals surface area (Å²) in [5.74, 6) is 0.897. The zero-order valence-corrected chi connectivity index (χ0v) is 9.26. The molecule has 0 aromatic rings. The van der Waals surface area contributed by atoms with Crippen LogP contribution < -0.4 is 0 Å². The molecule has 1 aliphatic rings. The molecule has 1 unspecified atom stereocenters. The lowest BCUT2D eigenvalue weighted by atomic mass is 9.80. The standard InChI is InChI=1S/C11H21NO/c1-5-6-12-8-9(7-10(12)13)11(2,3)4/h9H,5-8H2,1-4H3. The summed E-state index contributed by atoms with van der Waals surface area (Å²) < 4.78 is 0. The van der Waals surface area contributed by atoms with Crippen LogP contribution in [-0.2, 0) is 4.79 Å². The number of nitrogens with zero attached hydrogens (tertiary/aromatic N) is 1. The van der Waals surface area contributed by atoms with E-state index < -0.39 is 0 Å². The van der Waals surface area contributed by atoms with Gasteiger partial charge in [0, 0.05) is 19.5 Å². The van der Waals surface area contributed by atoms with Gasteiger partial charge in [-0.05, 0) is 17.8 Å².